The zero-order valence-corrected chi connectivity index (χ0v) is 15.3. The smallest absolute Gasteiger partial charge is 0.232 e. The molecule has 132 valence electrons. The van der Waals surface area contributed by atoms with E-state index in [0.29, 0.717) is 33.4 Å². The Morgan fingerprint density at radius 3 is 2.69 bits per heavy atom. The van der Waals surface area contributed by atoms with Gasteiger partial charge in [0, 0.05) is 10.6 Å². The molecule has 0 spiro atoms. The number of hydrogen-bond acceptors (Lipinski definition) is 5. The molecule has 0 unspecified atom stereocenters. The molecule has 0 radical (unpaired) electrons. The number of aromatic nitrogens is 1. The first-order valence-corrected chi connectivity index (χ1v) is 9.77. The van der Waals surface area contributed by atoms with Gasteiger partial charge in [-0.15, -0.1) is 0 Å². The number of rotatable bonds is 5. The van der Waals surface area contributed by atoms with E-state index in [-0.39, 0.29) is 6.54 Å². The van der Waals surface area contributed by atoms with E-state index < -0.39 is 10.0 Å². The van der Waals surface area contributed by atoms with Gasteiger partial charge in [-0.25, -0.2) is 13.4 Å². The Morgan fingerprint density at radius 2 is 2.00 bits per heavy atom. The molecule has 26 heavy (non-hydrogen) atoms. The van der Waals surface area contributed by atoms with Crippen molar-refractivity contribution in [1.29, 1.82) is 5.26 Å². The van der Waals surface area contributed by atoms with Gasteiger partial charge in [0.15, 0.2) is 0 Å². The molecule has 0 bridgehead atoms. The third kappa shape index (κ3) is 4.04. The first-order valence-electron chi connectivity index (χ1n) is 7.55. The van der Waals surface area contributed by atoms with Gasteiger partial charge in [-0.3, -0.25) is 4.31 Å². The molecule has 0 aliphatic heterocycles. The van der Waals surface area contributed by atoms with Crippen LogP contribution in [0, 0.1) is 11.3 Å². The zero-order valence-electron chi connectivity index (χ0n) is 13.8. The summed E-state index contributed by atoms with van der Waals surface area (Å²) in [7, 11) is -3.58. The Kier molecular flexibility index (Phi) is 4.98. The van der Waals surface area contributed by atoms with Gasteiger partial charge in [0.25, 0.3) is 0 Å². The minimum atomic E-state index is -3.58. The fourth-order valence-corrected chi connectivity index (χ4v) is 3.47. The monoisotopic (exact) mass is 387 g/mol. The molecule has 3 rings (SSSR count). The van der Waals surface area contributed by atoms with Crippen molar-refractivity contribution in [1.82, 2.24) is 4.98 Å². The Labute approximate surface area is 156 Å². The topological polar surface area (TPSA) is 87.2 Å². The number of anilines is 1. The number of nitrogens with zero attached hydrogens (tertiary/aromatic N) is 3. The Bertz CT molecular complexity index is 1090. The second-order valence-electron chi connectivity index (χ2n) is 5.59. The predicted molar refractivity (Wildman–Crippen MR) is 99.1 cm³/mol. The molecular formula is C18H14ClN3O3S. The van der Waals surface area contributed by atoms with Crippen molar-refractivity contribution in [2.45, 2.75) is 6.54 Å². The number of halogens is 1. The average molecular weight is 388 g/mol. The number of nitriles is 1. The lowest BCUT2D eigenvalue weighted by molar-refractivity contribution is 0.572. The molecule has 0 amide bonds. The molecule has 0 fully saturated rings. The number of benzene rings is 2. The van der Waals surface area contributed by atoms with Crippen LogP contribution in [0.15, 0.2) is 59.2 Å². The van der Waals surface area contributed by atoms with Crippen LogP contribution in [0.5, 0.6) is 0 Å². The van der Waals surface area contributed by atoms with E-state index in [1.54, 1.807) is 42.5 Å². The number of oxazole rings is 1. The van der Waals surface area contributed by atoms with Crippen molar-refractivity contribution >= 4 is 27.3 Å². The van der Waals surface area contributed by atoms with Gasteiger partial charge < -0.3 is 4.42 Å². The van der Waals surface area contributed by atoms with Crippen molar-refractivity contribution in [2.24, 2.45) is 0 Å². The van der Waals surface area contributed by atoms with Crippen LogP contribution < -0.4 is 4.31 Å². The summed E-state index contributed by atoms with van der Waals surface area (Å²) in [6, 6.07) is 15.4. The van der Waals surface area contributed by atoms with E-state index in [1.807, 2.05) is 6.07 Å². The summed E-state index contributed by atoms with van der Waals surface area (Å²) in [5, 5.41) is 9.58. The molecule has 8 heteroatoms. The van der Waals surface area contributed by atoms with Crippen molar-refractivity contribution < 1.29 is 12.8 Å². The van der Waals surface area contributed by atoms with Crippen LogP contribution in [0.4, 0.5) is 5.69 Å². The van der Waals surface area contributed by atoms with Gasteiger partial charge in [0.2, 0.25) is 15.9 Å². The fourth-order valence-electron chi connectivity index (χ4n) is 2.41. The molecule has 0 atom stereocenters. The molecule has 1 aromatic heterocycles. The summed E-state index contributed by atoms with van der Waals surface area (Å²) in [4.78, 5) is 4.35. The molecule has 2 aromatic carbocycles. The average Bonchev–Trinajstić information content (AvgIpc) is 3.07. The molecule has 3 aromatic rings. The van der Waals surface area contributed by atoms with E-state index in [9.17, 15) is 8.42 Å². The van der Waals surface area contributed by atoms with E-state index in [0.717, 1.165) is 6.26 Å². The Morgan fingerprint density at radius 1 is 1.23 bits per heavy atom. The van der Waals surface area contributed by atoms with Crippen molar-refractivity contribution in [2.75, 3.05) is 10.6 Å². The van der Waals surface area contributed by atoms with E-state index in [4.69, 9.17) is 21.3 Å². The minimum absolute atomic E-state index is 0.0161. The maximum absolute atomic E-state index is 12.2. The quantitative estimate of drug-likeness (QED) is 0.663. The van der Waals surface area contributed by atoms with Crippen LogP contribution >= 0.6 is 11.6 Å². The highest BCUT2D eigenvalue weighted by Crippen LogP contribution is 2.25. The molecule has 0 saturated heterocycles. The zero-order chi connectivity index (χ0) is 18.7. The third-order valence-electron chi connectivity index (χ3n) is 3.59. The van der Waals surface area contributed by atoms with E-state index in [2.05, 4.69) is 4.98 Å². The second-order valence-corrected chi connectivity index (χ2v) is 7.93. The lowest BCUT2D eigenvalue weighted by atomic mass is 10.2. The maximum Gasteiger partial charge on any atom is 0.232 e. The molecular weight excluding hydrogens is 374 g/mol. The molecule has 0 aliphatic rings. The first-order chi connectivity index (χ1) is 12.4. The highest BCUT2D eigenvalue weighted by atomic mass is 35.5. The first kappa shape index (κ1) is 18.0. The molecule has 0 aliphatic carbocycles. The number of hydrogen-bond donors (Lipinski definition) is 0. The van der Waals surface area contributed by atoms with Gasteiger partial charge in [-0.2, -0.15) is 5.26 Å². The van der Waals surface area contributed by atoms with Crippen molar-refractivity contribution in [3.8, 4) is 17.5 Å². The normalized spacial score (nSPS) is 11.1. The van der Waals surface area contributed by atoms with Crippen LogP contribution in [0.3, 0.4) is 0 Å². The Hall–Kier alpha value is -2.82. The van der Waals surface area contributed by atoms with Crippen LogP contribution in [0.2, 0.25) is 5.02 Å². The van der Waals surface area contributed by atoms with Gasteiger partial charge >= 0.3 is 0 Å². The highest BCUT2D eigenvalue weighted by Gasteiger charge is 2.20. The molecule has 6 nitrogen and oxygen atoms in total. The summed E-state index contributed by atoms with van der Waals surface area (Å²) in [5.74, 6) is 0.349. The van der Waals surface area contributed by atoms with Crippen LogP contribution in [-0.2, 0) is 16.6 Å². The summed E-state index contributed by atoms with van der Waals surface area (Å²) >= 11 is 5.97. The second kappa shape index (κ2) is 7.20. The van der Waals surface area contributed by atoms with E-state index in [1.165, 1.54) is 16.6 Å². The van der Waals surface area contributed by atoms with Crippen LogP contribution in [-0.4, -0.2) is 19.7 Å². The predicted octanol–water partition coefficient (Wildman–Crippen LogP) is 3.83. The summed E-state index contributed by atoms with van der Waals surface area (Å²) < 4.78 is 31.1. The molecule has 1 heterocycles. The Balaban J connectivity index is 1.92. The summed E-state index contributed by atoms with van der Waals surface area (Å²) in [5.41, 5.74) is 1.89. The third-order valence-corrected chi connectivity index (χ3v) is 4.97. The van der Waals surface area contributed by atoms with Crippen molar-refractivity contribution in [3.05, 3.63) is 71.1 Å². The van der Waals surface area contributed by atoms with Gasteiger partial charge in [0.1, 0.15) is 12.0 Å². The largest absolute Gasteiger partial charge is 0.444 e. The highest BCUT2D eigenvalue weighted by molar-refractivity contribution is 7.92. The van der Waals surface area contributed by atoms with Crippen molar-refractivity contribution in [3.63, 3.8) is 0 Å². The maximum atomic E-state index is 12.2. The lowest BCUT2D eigenvalue weighted by Crippen LogP contribution is -2.29. The van der Waals surface area contributed by atoms with E-state index >= 15 is 0 Å². The summed E-state index contributed by atoms with van der Waals surface area (Å²) in [6.45, 7) is -0.0161. The SMILES string of the molecule is CS(=O)(=O)N(Cc1coc(-c2cccc(Cl)c2)n1)c1cccc(C#N)c1. The molecule has 0 saturated carbocycles. The molecule has 0 N–H and O–H groups in total. The van der Waals surface area contributed by atoms with Gasteiger partial charge in [0.05, 0.1) is 30.1 Å². The summed E-state index contributed by atoms with van der Waals surface area (Å²) in [6.07, 6.45) is 2.51. The standard InChI is InChI=1S/C18H14ClN3O3S/c1-26(23,24)22(17-7-2-4-13(8-17)10-20)11-16-12-25-18(21-16)14-5-3-6-15(19)9-14/h2-9,12H,11H2,1H3. The van der Waals surface area contributed by atoms with Gasteiger partial charge in [-0.05, 0) is 36.4 Å². The minimum Gasteiger partial charge on any atom is -0.444 e. The van der Waals surface area contributed by atoms with Crippen LogP contribution in [0.25, 0.3) is 11.5 Å². The fraction of sp³-hybridized carbons (Fsp3) is 0.111. The number of sulfonamides is 1. The lowest BCUT2D eigenvalue weighted by Gasteiger charge is -2.21. The van der Waals surface area contributed by atoms with Crippen LogP contribution in [0.1, 0.15) is 11.3 Å². The van der Waals surface area contributed by atoms with Gasteiger partial charge in [-0.1, -0.05) is 23.7 Å².